The van der Waals surface area contributed by atoms with Crippen LogP contribution < -0.4 is 4.72 Å². The van der Waals surface area contributed by atoms with E-state index in [9.17, 15) is 18.0 Å². The van der Waals surface area contributed by atoms with Gasteiger partial charge in [-0.25, -0.2) is 13.1 Å². The second-order valence-corrected chi connectivity index (χ2v) is 7.10. The molecular formula is C13H26N2O5S. The summed E-state index contributed by atoms with van der Waals surface area (Å²) in [6.45, 7) is 6.21. The average molecular weight is 322 g/mol. The minimum atomic E-state index is -3.48. The van der Waals surface area contributed by atoms with Gasteiger partial charge >= 0.3 is 5.97 Å². The number of carbonyl (C=O) groups is 2. The summed E-state index contributed by atoms with van der Waals surface area (Å²) in [7, 11) is -2.20. The molecule has 7 nitrogen and oxygen atoms in total. The Morgan fingerprint density at radius 3 is 2.24 bits per heavy atom. The Balaban J connectivity index is 4.91. The van der Waals surface area contributed by atoms with E-state index in [1.54, 1.807) is 6.92 Å². The van der Waals surface area contributed by atoms with Gasteiger partial charge in [0.2, 0.25) is 15.9 Å². The lowest BCUT2D eigenvalue weighted by Gasteiger charge is -2.27. The normalized spacial score (nSPS) is 13.0. The van der Waals surface area contributed by atoms with Crippen LogP contribution in [0.1, 0.15) is 33.6 Å². The Bertz CT molecular complexity index is 447. The van der Waals surface area contributed by atoms with E-state index in [4.69, 9.17) is 0 Å². The van der Waals surface area contributed by atoms with Crippen LogP contribution >= 0.6 is 0 Å². The number of sulfonamides is 1. The zero-order chi connectivity index (χ0) is 16.6. The Labute approximate surface area is 127 Å². The molecule has 0 aromatic carbocycles. The van der Waals surface area contributed by atoms with Crippen molar-refractivity contribution in [2.75, 3.05) is 26.5 Å². The third-order valence-electron chi connectivity index (χ3n) is 2.87. The highest BCUT2D eigenvalue weighted by atomic mass is 32.2. The third kappa shape index (κ3) is 8.67. The Morgan fingerprint density at radius 2 is 1.86 bits per heavy atom. The van der Waals surface area contributed by atoms with Crippen LogP contribution in [0.4, 0.5) is 0 Å². The summed E-state index contributed by atoms with van der Waals surface area (Å²) in [4.78, 5) is 25.1. The number of ether oxygens (including phenoxy) is 1. The number of hydrogen-bond acceptors (Lipinski definition) is 5. The molecule has 0 bridgehead atoms. The highest BCUT2D eigenvalue weighted by molar-refractivity contribution is 7.88. The molecule has 0 spiro atoms. The van der Waals surface area contributed by atoms with E-state index in [2.05, 4.69) is 9.46 Å². The first-order valence-electron chi connectivity index (χ1n) is 6.93. The maximum atomic E-state index is 12.4. The van der Waals surface area contributed by atoms with Gasteiger partial charge in [-0.2, -0.15) is 0 Å². The third-order valence-corrected chi connectivity index (χ3v) is 3.58. The van der Waals surface area contributed by atoms with E-state index in [-0.39, 0.29) is 24.8 Å². The van der Waals surface area contributed by atoms with Gasteiger partial charge in [-0.3, -0.25) is 9.59 Å². The molecule has 0 aliphatic carbocycles. The molecule has 1 unspecified atom stereocenters. The zero-order valence-electron chi connectivity index (χ0n) is 13.4. The molecule has 0 rings (SSSR count). The van der Waals surface area contributed by atoms with E-state index < -0.39 is 22.0 Å². The van der Waals surface area contributed by atoms with Gasteiger partial charge in [0.05, 0.1) is 19.8 Å². The summed E-state index contributed by atoms with van der Waals surface area (Å²) in [6, 6.07) is -0.808. The summed E-state index contributed by atoms with van der Waals surface area (Å²) in [6.07, 6.45) is 1.52. The summed E-state index contributed by atoms with van der Waals surface area (Å²) in [5.74, 6) is -0.564. The molecule has 1 amide bonds. The number of esters is 1. The largest absolute Gasteiger partial charge is 0.469 e. The maximum Gasteiger partial charge on any atom is 0.307 e. The maximum absolute atomic E-state index is 12.4. The summed E-state index contributed by atoms with van der Waals surface area (Å²) >= 11 is 0. The summed E-state index contributed by atoms with van der Waals surface area (Å²) in [5.41, 5.74) is 0. The highest BCUT2D eigenvalue weighted by Crippen LogP contribution is 2.09. The van der Waals surface area contributed by atoms with Crippen LogP contribution in [0, 0.1) is 5.92 Å². The van der Waals surface area contributed by atoms with Crippen LogP contribution in [0.5, 0.6) is 0 Å². The van der Waals surface area contributed by atoms with Crippen molar-refractivity contribution in [2.24, 2.45) is 5.92 Å². The Morgan fingerprint density at radius 1 is 1.29 bits per heavy atom. The Kier molecular flexibility index (Phi) is 8.50. The van der Waals surface area contributed by atoms with Gasteiger partial charge in [0.15, 0.2) is 0 Å². The van der Waals surface area contributed by atoms with E-state index >= 15 is 0 Å². The number of carbonyl (C=O) groups excluding carboxylic acids is 2. The first kappa shape index (κ1) is 19.9. The van der Waals surface area contributed by atoms with E-state index in [1.807, 2.05) is 13.8 Å². The molecule has 0 aliphatic heterocycles. The topological polar surface area (TPSA) is 92.8 Å². The first-order chi connectivity index (χ1) is 9.60. The SMILES string of the molecule is CCN(CCC(=O)OC)C(=O)C(CC(C)C)NS(C)(=O)=O. The highest BCUT2D eigenvalue weighted by Gasteiger charge is 2.27. The molecule has 1 atom stereocenters. The summed E-state index contributed by atoms with van der Waals surface area (Å²) in [5, 5.41) is 0. The zero-order valence-corrected chi connectivity index (χ0v) is 14.2. The van der Waals surface area contributed by atoms with Gasteiger partial charge in [-0.15, -0.1) is 0 Å². The number of likely N-dealkylation sites (N-methyl/N-ethyl adjacent to an activating group) is 1. The molecule has 124 valence electrons. The minimum Gasteiger partial charge on any atom is -0.469 e. The molecule has 0 radical (unpaired) electrons. The number of amides is 1. The molecule has 8 heteroatoms. The van der Waals surface area contributed by atoms with Crippen LogP contribution in [-0.2, 0) is 24.3 Å². The number of rotatable bonds is 9. The quantitative estimate of drug-likeness (QED) is 0.619. The Hall–Kier alpha value is -1.15. The molecule has 0 aromatic rings. The van der Waals surface area contributed by atoms with Gasteiger partial charge in [-0.05, 0) is 19.3 Å². The number of nitrogens with zero attached hydrogens (tertiary/aromatic N) is 1. The number of methoxy groups -OCH3 is 1. The van der Waals surface area contributed by atoms with Crippen molar-refractivity contribution in [3.8, 4) is 0 Å². The molecule has 0 aromatic heterocycles. The fraction of sp³-hybridized carbons (Fsp3) is 0.846. The van der Waals surface area contributed by atoms with Crippen molar-refractivity contribution < 1.29 is 22.7 Å². The molecule has 0 saturated heterocycles. The van der Waals surface area contributed by atoms with Crippen molar-refractivity contribution >= 4 is 21.9 Å². The van der Waals surface area contributed by atoms with Crippen molar-refractivity contribution in [3.05, 3.63) is 0 Å². The number of hydrogen-bond donors (Lipinski definition) is 1. The predicted octanol–water partition coefficient (Wildman–Crippen LogP) is 0.362. The van der Waals surface area contributed by atoms with Crippen LogP contribution in [0.25, 0.3) is 0 Å². The second-order valence-electron chi connectivity index (χ2n) is 5.32. The summed E-state index contributed by atoms with van der Waals surface area (Å²) < 4.78 is 29.7. The van der Waals surface area contributed by atoms with Gasteiger partial charge in [0, 0.05) is 13.1 Å². The molecule has 21 heavy (non-hydrogen) atoms. The van der Waals surface area contributed by atoms with Crippen LogP contribution in [-0.4, -0.2) is 57.7 Å². The lowest BCUT2D eigenvalue weighted by atomic mass is 10.0. The van der Waals surface area contributed by atoms with Crippen LogP contribution in [0.3, 0.4) is 0 Å². The van der Waals surface area contributed by atoms with Crippen molar-refractivity contribution in [2.45, 2.75) is 39.7 Å². The molecule has 0 fully saturated rings. The van der Waals surface area contributed by atoms with Gasteiger partial charge in [0.1, 0.15) is 6.04 Å². The first-order valence-corrected chi connectivity index (χ1v) is 8.82. The van der Waals surface area contributed by atoms with Gasteiger partial charge < -0.3 is 9.64 Å². The van der Waals surface area contributed by atoms with Crippen LogP contribution in [0.15, 0.2) is 0 Å². The lowest BCUT2D eigenvalue weighted by molar-refractivity contribution is -0.142. The van der Waals surface area contributed by atoms with E-state index in [0.717, 1.165) is 6.26 Å². The number of nitrogens with one attached hydrogen (secondary N) is 1. The van der Waals surface area contributed by atoms with E-state index in [1.165, 1.54) is 12.0 Å². The molecular weight excluding hydrogens is 296 g/mol. The molecule has 0 heterocycles. The van der Waals surface area contributed by atoms with E-state index in [0.29, 0.717) is 13.0 Å². The second kappa shape index (κ2) is 8.99. The molecule has 1 N–H and O–H groups in total. The van der Waals surface area contributed by atoms with Crippen molar-refractivity contribution in [1.82, 2.24) is 9.62 Å². The van der Waals surface area contributed by atoms with Gasteiger partial charge in [0.25, 0.3) is 0 Å². The van der Waals surface area contributed by atoms with Crippen molar-refractivity contribution in [3.63, 3.8) is 0 Å². The predicted molar refractivity (Wildman–Crippen MR) is 80.1 cm³/mol. The molecule has 0 saturated carbocycles. The van der Waals surface area contributed by atoms with Crippen LogP contribution in [0.2, 0.25) is 0 Å². The lowest BCUT2D eigenvalue weighted by Crippen LogP contribution is -2.49. The minimum absolute atomic E-state index is 0.0867. The fourth-order valence-corrected chi connectivity index (χ4v) is 2.62. The standard InChI is InChI=1S/C13H26N2O5S/c1-6-15(8-7-12(16)20-4)13(17)11(9-10(2)3)14-21(5,18)19/h10-11,14H,6-9H2,1-5H3. The smallest absolute Gasteiger partial charge is 0.307 e. The van der Waals surface area contributed by atoms with Gasteiger partial charge in [-0.1, -0.05) is 13.8 Å². The monoisotopic (exact) mass is 322 g/mol. The molecule has 0 aliphatic rings. The van der Waals surface area contributed by atoms with Crippen molar-refractivity contribution in [1.29, 1.82) is 0 Å². The fourth-order valence-electron chi connectivity index (χ4n) is 1.90. The average Bonchev–Trinajstić information content (AvgIpc) is 2.35.